The van der Waals surface area contributed by atoms with Gasteiger partial charge in [-0.3, -0.25) is 0 Å². The predicted octanol–water partition coefficient (Wildman–Crippen LogP) is 3.42. The Balaban J connectivity index is 2.84. The Hall–Kier alpha value is 0.180. The van der Waals surface area contributed by atoms with Crippen LogP contribution in [0.3, 0.4) is 0 Å². The van der Waals surface area contributed by atoms with E-state index in [2.05, 4.69) is 15.9 Å². The summed E-state index contributed by atoms with van der Waals surface area (Å²) in [6.45, 7) is 1.85. The van der Waals surface area contributed by atoms with Crippen LogP contribution in [0.4, 0.5) is 4.39 Å². The van der Waals surface area contributed by atoms with Crippen LogP contribution in [-0.4, -0.2) is 11.5 Å². The second-order valence-electron chi connectivity index (χ2n) is 2.93. The van der Waals surface area contributed by atoms with E-state index in [-0.39, 0.29) is 0 Å². The van der Waals surface area contributed by atoms with Crippen molar-refractivity contribution in [3.05, 3.63) is 23.3 Å². The number of halogens is 3. The molecule has 62 valence electrons. The van der Waals surface area contributed by atoms with E-state index in [4.69, 9.17) is 11.6 Å². The molecular weight excluding hydrogens is 230 g/mol. The number of allylic oxidation sites excluding steroid dienone is 4. The van der Waals surface area contributed by atoms with Crippen LogP contribution in [0.5, 0.6) is 0 Å². The normalized spacial score (nSPS) is 37.1. The molecule has 0 heterocycles. The quantitative estimate of drug-likeness (QED) is 0.615. The number of hydrogen-bond donors (Lipinski definition) is 0. The highest BCUT2D eigenvalue weighted by atomic mass is 79.9. The molecule has 1 rings (SSSR count). The van der Waals surface area contributed by atoms with Crippen LogP contribution in [0.15, 0.2) is 23.3 Å². The van der Waals surface area contributed by atoms with Gasteiger partial charge in [0.05, 0.1) is 0 Å². The highest BCUT2D eigenvalue weighted by Crippen LogP contribution is 2.34. The molecular formula is C8H9BrClF. The van der Waals surface area contributed by atoms with E-state index in [1.165, 1.54) is 6.08 Å². The molecule has 0 aromatic carbocycles. The topological polar surface area (TPSA) is 0 Å². The third-order valence-corrected chi connectivity index (χ3v) is 3.31. The molecule has 2 unspecified atom stereocenters. The Labute approximate surface area is 79.2 Å². The zero-order chi connectivity index (χ0) is 8.48. The maximum Gasteiger partial charge on any atom is 0.130 e. The molecule has 0 N–H and O–H groups in total. The molecule has 1 aliphatic rings. The Bertz CT molecular complexity index is 212. The van der Waals surface area contributed by atoms with Crippen LogP contribution in [-0.2, 0) is 0 Å². The molecule has 0 aromatic heterocycles. The first-order valence-electron chi connectivity index (χ1n) is 3.35. The summed E-state index contributed by atoms with van der Waals surface area (Å²) in [4.78, 5) is 0. The average molecular weight is 240 g/mol. The van der Waals surface area contributed by atoms with Gasteiger partial charge in [-0.2, -0.15) is 0 Å². The monoisotopic (exact) mass is 238 g/mol. The van der Waals surface area contributed by atoms with Gasteiger partial charge in [-0.25, -0.2) is 4.39 Å². The third kappa shape index (κ3) is 1.85. The standard InChI is InChI=1S/C8H9BrClF/c1-8(5-9)3-2-6(10)4-7(8)11/h2-4,7H,5H2,1H3. The first-order valence-corrected chi connectivity index (χ1v) is 4.85. The lowest BCUT2D eigenvalue weighted by Gasteiger charge is -2.28. The van der Waals surface area contributed by atoms with E-state index in [1.54, 1.807) is 12.2 Å². The molecule has 0 aliphatic heterocycles. The summed E-state index contributed by atoms with van der Waals surface area (Å²) in [6, 6.07) is 0. The minimum absolute atomic E-state index is 0.432. The molecule has 1 aliphatic carbocycles. The van der Waals surface area contributed by atoms with Crippen molar-refractivity contribution in [2.24, 2.45) is 5.41 Å². The summed E-state index contributed by atoms with van der Waals surface area (Å²) in [7, 11) is 0. The van der Waals surface area contributed by atoms with Crippen LogP contribution >= 0.6 is 27.5 Å². The maximum absolute atomic E-state index is 13.2. The van der Waals surface area contributed by atoms with Crippen molar-refractivity contribution in [1.82, 2.24) is 0 Å². The van der Waals surface area contributed by atoms with Crippen LogP contribution in [0, 0.1) is 5.41 Å². The molecule has 3 heteroatoms. The van der Waals surface area contributed by atoms with Crippen LogP contribution < -0.4 is 0 Å². The maximum atomic E-state index is 13.2. The zero-order valence-corrected chi connectivity index (χ0v) is 8.49. The molecule has 0 spiro atoms. The SMILES string of the molecule is CC1(CBr)C=CC(Cl)=CC1F. The van der Waals surface area contributed by atoms with Crippen molar-refractivity contribution in [2.75, 3.05) is 5.33 Å². The molecule has 0 saturated heterocycles. The van der Waals surface area contributed by atoms with Gasteiger partial charge >= 0.3 is 0 Å². The summed E-state index contributed by atoms with van der Waals surface area (Å²) in [5.74, 6) is 0. The molecule has 11 heavy (non-hydrogen) atoms. The van der Waals surface area contributed by atoms with Gasteiger partial charge in [0.2, 0.25) is 0 Å². The van der Waals surface area contributed by atoms with E-state index in [0.717, 1.165) is 0 Å². The zero-order valence-electron chi connectivity index (χ0n) is 6.15. The van der Waals surface area contributed by atoms with Gasteiger partial charge in [0, 0.05) is 15.8 Å². The van der Waals surface area contributed by atoms with Crippen LogP contribution in [0.1, 0.15) is 6.92 Å². The largest absolute Gasteiger partial charge is 0.242 e. The summed E-state index contributed by atoms with van der Waals surface area (Å²) in [5, 5.41) is 1.09. The molecule has 2 atom stereocenters. The Kier molecular flexibility index (Phi) is 2.76. The first-order chi connectivity index (χ1) is 5.08. The van der Waals surface area contributed by atoms with Crippen LogP contribution in [0.25, 0.3) is 0 Å². The van der Waals surface area contributed by atoms with Crippen molar-refractivity contribution >= 4 is 27.5 Å². The van der Waals surface area contributed by atoms with Gasteiger partial charge in [-0.1, -0.05) is 40.5 Å². The number of hydrogen-bond acceptors (Lipinski definition) is 0. The summed E-state index contributed by atoms with van der Waals surface area (Å²) >= 11 is 8.88. The van der Waals surface area contributed by atoms with Gasteiger partial charge < -0.3 is 0 Å². The van der Waals surface area contributed by atoms with Gasteiger partial charge in [0.15, 0.2) is 0 Å². The highest BCUT2D eigenvalue weighted by Gasteiger charge is 2.31. The molecule has 0 radical (unpaired) electrons. The minimum atomic E-state index is -0.987. The van der Waals surface area contributed by atoms with Crippen molar-refractivity contribution in [2.45, 2.75) is 13.1 Å². The Morgan fingerprint density at radius 3 is 2.91 bits per heavy atom. The smallest absolute Gasteiger partial charge is 0.130 e. The number of alkyl halides is 2. The fourth-order valence-corrected chi connectivity index (χ4v) is 1.54. The Morgan fingerprint density at radius 1 is 1.82 bits per heavy atom. The lowest BCUT2D eigenvalue weighted by atomic mass is 9.84. The molecule has 0 fully saturated rings. The molecule has 0 bridgehead atoms. The molecule has 0 amide bonds. The van der Waals surface area contributed by atoms with E-state index >= 15 is 0 Å². The van der Waals surface area contributed by atoms with Crippen LogP contribution in [0.2, 0.25) is 0 Å². The van der Waals surface area contributed by atoms with Crippen molar-refractivity contribution in [3.63, 3.8) is 0 Å². The summed E-state index contributed by atoms with van der Waals surface area (Å²) in [5.41, 5.74) is -0.432. The summed E-state index contributed by atoms with van der Waals surface area (Å²) < 4.78 is 13.2. The fraction of sp³-hybridized carbons (Fsp3) is 0.500. The second-order valence-corrected chi connectivity index (χ2v) is 3.92. The highest BCUT2D eigenvalue weighted by molar-refractivity contribution is 9.09. The predicted molar refractivity (Wildman–Crippen MR) is 49.9 cm³/mol. The Morgan fingerprint density at radius 2 is 2.45 bits per heavy atom. The van der Waals surface area contributed by atoms with Gasteiger partial charge in [-0.05, 0) is 12.2 Å². The van der Waals surface area contributed by atoms with E-state index < -0.39 is 11.6 Å². The minimum Gasteiger partial charge on any atom is -0.242 e. The van der Waals surface area contributed by atoms with E-state index in [1.807, 2.05) is 6.92 Å². The lowest BCUT2D eigenvalue weighted by Crippen LogP contribution is -2.28. The van der Waals surface area contributed by atoms with Gasteiger partial charge in [0.1, 0.15) is 6.17 Å². The van der Waals surface area contributed by atoms with Crippen molar-refractivity contribution in [1.29, 1.82) is 0 Å². The molecule has 0 nitrogen and oxygen atoms in total. The number of rotatable bonds is 1. The average Bonchev–Trinajstić information content (AvgIpc) is 1.98. The van der Waals surface area contributed by atoms with Gasteiger partial charge in [-0.15, -0.1) is 0 Å². The van der Waals surface area contributed by atoms with Crippen molar-refractivity contribution < 1.29 is 4.39 Å². The second kappa shape index (κ2) is 3.28. The third-order valence-electron chi connectivity index (χ3n) is 1.85. The van der Waals surface area contributed by atoms with Crippen molar-refractivity contribution in [3.8, 4) is 0 Å². The molecule has 0 aromatic rings. The lowest BCUT2D eigenvalue weighted by molar-refractivity contribution is 0.245. The van der Waals surface area contributed by atoms with E-state index in [0.29, 0.717) is 10.4 Å². The fourth-order valence-electron chi connectivity index (χ4n) is 0.866. The first kappa shape index (κ1) is 9.27. The summed E-state index contributed by atoms with van der Waals surface area (Å²) in [6.07, 6.45) is 3.98. The van der Waals surface area contributed by atoms with Gasteiger partial charge in [0.25, 0.3) is 0 Å². The van der Waals surface area contributed by atoms with E-state index in [9.17, 15) is 4.39 Å². The molecule has 0 saturated carbocycles.